The fraction of sp³-hybridized carbons (Fsp3) is 0.0714. The molecule has 0 spiro atoms. The summed E-state index contributed by atoms with van der Waals surface area (Å²) in [4.78, 5) is 11.9. The van der Waals surface area contributed by atoms with Crippen molar-refractivity contribution in [2.45, 2.75) is 6.92 Å². The fourth-order valence-corrected chi connectivity index (χ4v) is 1.57. The second-order valence-corrected chi connectivity index (χ2v) is 4.02. The zero-order valence-electron chi connectivity index (χ0n) is 9.84. The number of amides is 1. The van der Waals surface area contributed by atoms with Crippen LogP contribution in [-0.4, -0.2) is 16.1 Å². The lowest BCUT2D eigenvalue weighted by Gasteiger charge is -2.07. The Morgan fingerprint density at radius 1 is 1.06 bits per heavy atom. The first-order chi connectivity index (χ1) is 8.56. The van der Waals surface area contributed by atoms with Gasteiger partial charge in [-0.1, -0.05) is 11.6 Å². The van der Waals surface area contributed by atoms with Crippen LogP contribution >= 0.6 is 0 Å². The van der Waals surface area contributed by atoms with E-state index in [1.165, 1.54) is 18.2 Å². The van der Waals surface area contributed by atoms with Gasteiger partial charge in [-0.15, -0.1) is 0 Å². The highest BCUT2D eigenvalue weighted by atomic mass is 16.3. The van der Waals surface area contributed by atoms with Gasteiger partial charge < -0.3 is 15.5 Å². The number of aryl methyl sites for hydroxylation is 1. The average Bonchev–Trinajstić information content (AvgIpc) is 2.35. The minimum atomic E-state index is -0.387. The van der Waals surface area contributed by atoms with Crippen molar-refractivity contribution in [1.29, 1.82) is 0 Å². The fourth-order valence-electron chi connectivity index (χ4n) is 1.57. The zero-order chi connectivity index (χ0) is 13.1. The van der Waals surface area contributed by atoms with Gasteiger partial charge in [-0.25, -0.2) is 0 Å². The molecular formula is C14H13NO3. The summed E-state index contributed by atoms with van der Waals surface area (Å²) in [5.74, 6) is -0.315. The van der Waals surface area contributed by atoms with Crippen molar-refractivity contribution in [2.24, 2.45) is 0 Å². The molecule has 18 heavy (non-hydrogen) atoms. The molecule has 0 aliphatic carbocycles. The largest absolute Gasteiger partial charge is 0.508 e. The van der Waals surface area contributed by atoms with Crippen LogP contribution in [0, 0.1) is 6.92 Å². The third kappa shape index (κ3) is 2.60. The Balaban J connectivity index is 2.21. The van der Waals surface area contributed by atoms with Crippen LogP contribution in [0.5, 0.6) is 11.5 Å². The van der Waals surface area contributed by atoms with E-state index in [4.69, 9.17) is 5.11 Å². The van der Waals surface area contributed by atoms with E-state index in [2.05, 4.69) is 5.32 Å². The summed E-state index contributed by atoms with van der Waals surface area (Å²) in [6.07, 6.45) is 0. The van der Waals surface area contributed by atoms with E-state index in [1.807, 2.05) is 6.92 Å². The molecule has 0 saturated carbocycles. The summed E-state index contributed by atoms with van der Waals surface area (Å²) >= 11 is 0. The van der Waals surface area contributed by atoms with Gasteiger partial charge in [0.2, 0.25) is 0 Å². The Hall–Kier alpha value is -2.49. The molecule has 0 aliphatic rings. The number of hydrogen-bond acceptors (Lipinski definition) is 3. The minimum Gasteiger partial charge on any atom is -0.508 e. The van der Waals surface area contributed by atoms with E-state index in [9.17, 15) is 9.90 Å². The van der Waals surface area contributed by atoms with Gasteiger partial charge in [0.25, 0.3) is 5.91 Å². The molecule has 4 heteroatoms. The number of aromatic hydroxyl groups is 2. The average molecular weight is 243 g/mol. The molecule has 2 aromatic rings. The van der Waals surface area contributed by atoms with E-state index in [1.54, 1.807) is 24.3 Å². The monoisotopic (exact) mass is 243 g/mol. The van der Waals surface area contributed by atoms with Gasteiger partial charge in [0.05, 0.1) is 5.56 Å². The molecule has 2 aromatic carbocycles. The first-order valence-corrected chi connectivity index (χ1v) is 5.46. The zero-order valence-corrected chi connectivity index (χ0v) is 9.84. The van der Waals surface area contributed by atoms with Crippen molar-refractivity contribution in [2.75, 3.05) is 5.32 Å². The topological polar surface area (TPSA) is 69.6 Å². The van der Waals surface area contributed by atoms with E-state index < -0.39 is 0 Å². The number of rotatable bonds is 2. The molecule has 4 nitrogen and oxygen atoms in total. The van der Waals surface area contributed by atoms with Gasteiger partial charge in [0.1, 0.15) is 11.5 Å². The van der Waals surface area contributed by atoms with Gasteiger partial charge in [0, 0.05) is 5.69 Å². The predicted octanol–water partition coefficient (Wildman–Crippen LogP) is 2.66. The molecule has 2 rings (SSSR count). The highest BCUT2D eigenvalue weighted by molar-refractivity contribution is 6.06. The molecule has 0 saturated heterocycles. The second kappa shape index (κ2) is 4.79. The quantitative estimate of drug-likeness (QED) is 0.710. The van der Waals surface area contributed by atoms with Gasteiger partial charge in [-0.3, -0.25) is 4.79 Å². The van der Waals surface area contributed by atoms with E-state index >= 15 is 0 Å². The maximum Gasteiger partial charge on any atom is 0.259 e. The van der Waals surface area contributed by atoms with Crippen LogP contribution in [-0.2, 0) is 0 Å². The summed E-state index contributed by atoms with van der Waals surface area (Å²) in [7, 11) is 0. The predicted molar refractivity (Wildman–Crippen MR) is 68.9 cm³/mol. The summed E-state index contributed by atoms with van der Waals surface area (Å²) in [5, 5.41) is 21.4. The van der Waals surface area contributed by atoms with Crippen molar-refractivity contribution in [3.8, 4) is 11.5 Å². The molecule has 0 unspecified atom stereocenters. The Bertz CT molecular complexity index is 576. The first kappa shape index (κ1) is 12.0. The lowest BCUT2D eigenvalue weighted by Crippen LogP contribution is -2.12. The normalized spacial score (nSPS) is 10.1. The molecule has 1 amide bonds. The van der Waals surface area contributed by atoms with Gasteiger partial charge in [-0.05, 0) is 43.3 Å². The second-order valence-electron chi connectivity index (χ2n) is 4.02. The smallest absolute Gasteiger partial charge is 0.259 e. The number of anilines is 1. The van der Waals surface area contributed by atoms with E-state index in [0.29, 0.717) is 5.69 Å². The molecular weight excluding hydrogens is 230 g/mol. The summed E-state index contributed by atoms with van der Waals surface area (Å²) in [6.45, 7) is 1.84. The van der Waals surface area contributed by atoms with Crippen molar-refractivity contribution in [3.05, 3.63) is 53.6 Å². The molecule has 0 aliphatic heterocycles. The number of carbonyl (C=O) groups is 1. The molecule has 0 heterocycles. The van der Waals surface area contributed by atoms with Crippen LogP contribution in [0.4, 0.5) is 5.69 Å². The van der Waals surface area contributed by atoms with Crippen LogP contribution in [0.1, 0.15) is 15.9 Å². The summed E-state index contributed by atoms with van der Waals surface area (Å²) in [5.41, 5.74) is 1.67. The van der Waals surface area contributed by atoms with Crippen LogP contribution < -0.4 is 5.32 Å². The summed E-state index contributed by atoms with van der Waals surface area (Å²) in [6, 6.07) is 11.0. The van der Waals surface area contributed by atoms with Gasteiger partial charge >= 0.3 is 0 Å². The van der Waals surface area contributed by atoms with Crippen LogP contribution in [0.2, 0.25) is 0 Å². The maximum atomic E-state index is 11.9. The molecule has 0 fully saturated rings. The van der Waals surface area contributed by atoms with Crippen molar-refractivity contribution >= 4 is 11.6 Å². The van der Waals surface area contributed by atoms with Crippen LogP contribution in [0.25, 0.3) is 0 Å². The van der Waals surface area contributed by atoms with Gasteiger partial charge in [0.15, 0.2) is 0 Å². The molecule has 3 N–H and O–H groups in total. The number of phenols is 2. The third-order valence-corrected chi connectivity index (χ3v) is 2.52. The van der Waals surface area contributed by atoms with Gasteiger partial charge in [-0.2, -0.15) is 0 Å². The molecule has 0 bridgehead atoms. The Kier molecular flexibility index (Phi) is 3.19. The molecule has 0 aromatic heterocycles. The highest BCUT2D eigenvalue weighted by Gasteiger charge is 2.11. The first-order valence-electron chi connectivity index (χ1n) is 5.46. The lowest BCUT2D eigenvalue weighted by molar-refractivity contribution is 0.102. The van der Waals surface area contributed by atoms with Crippen molar-refractivity contribution in [1.82, 2.24) is 0 Å². The van der Waals surface area contributed by atoms with E-state index in [0.717, 1.165) is 5.56 Å². The maximum absolute atomic E-state index is 11.9. The Morgan fingerprint density at radius 3 is 2.39 bits per heavy atom. The number of carbonyl (C=O) groups excluding carboxylic acids is 1. The number of hydrogen-bond donors (Lipinski definition) is 3. The summed E-state index contributed by atoms with van der Waals surface area (Å²) < 4.78 is 0. The molecule has 92 valence electrons. The lowest BCUT2D eigenvalue weighted by atomic mass is 10.1. The Labute approximate surface area is 105 Å². The third-order valence-electron chi connectivity index (χ3n) is 2.52. The SMILES string of the molecule is Cc1ccc(O)c(C(=O)Nc2ccc(O)cc2)c1. The number of nitrogens with one attached hydrogen (secondary N) is 1. The van der Waals surface area contributed by atoms with Crippen molar-refractivity contribution in [3.63, 3.8) is 0 Å². The van der Waals surface area contributed by atoms with Crippen molar-refractivity contribution < 1.29 is 15.0 Å². The standard InChI is InChI=1S/C14H13NO3/c1-9-2-7-13(17)12(8-9)14(18)15-10-3-5-11(16)6-4-10/h2-8,16-17H,1H3,(H,15,18). The number of phenolic OH excluding ortho intramolecular Hbond substituents is 2. The van der Waals surface area contributed by atoms with E-state index in [-0.39, 0.29) is 23.0 Å². The molecule has 0 atom stereocenters. The van der Waals surface area contributed by atoms with Crippen LogP contribution in [0.15, 0.2) is 42.5 Å². The molecule has 0 radical (unpaired) electrons. The Morgan fingerprint density at radius 2 is 1.72 bits per heavy atom. The minimum absolute atomic E-state index is 0.0584. The number of benzene rings is 2. The highest BCUT2D eigenvalue weighted by Crippen LogP contribution is 2.20. The van der Waals surface area contributed by atoms with Crippen LogP contribution in [0.3, 0.4) is 0 Å².